The minimum atomic E-state index is -0.125. The third kappa shape index (κ3) is 3.15. The molecule has 206 valence electrons. The van der Waals surface area contributed by atoms with Crippen molar-refractivity contribution in [1.29, 1.82) is 0 Å². The van der Waals surface area contributed by atoms with Crippen LogP contribution in [-0.2, 0) is 11.8 Å². The largest absolute Gasteiger partial charge is 0.504 e. The van der Waals surface area contributed by atoms with E-state index in [-0.39, 0.29) is 17.3 Å². The number of likely N-dealkylation sites (tertiary alicyclic amines) is 1. The maximum absolute atomic E-state index is 11.0. The van der Waals surface area contributed by atoms with Gasteiger partial charge >= 0.3 is 0 Å². The maximum atomic E-state index is 11.0. The first-order valence-corrected chi connectivity index (χ1v) is 14.3. The van der Waals surface area contributed by atoms with Crippen molar-refractivity contribution in [3.8, 4) is 23.0 Å². The third-order valence-corrected chi connectivity index (χ3v) is 10.3. The molecule has 0 radical (unpaired) electrons. The summed E-state index contributed by atoms with van der Waals surface area (Å²) in [7, 11) is 5.69. The van der Waals surface area contributed by atoms with Crippen LogP contribution in [0.15, 0.2) is 71.9 Å². The predicted octanol–water partition coefficient (Wildman–Crippen LogP) is 4.93. The summed E-state index contributed by atoms with van der Waals surface area (Å²) >= 11 is 0. The lowest BCUT2D eigenvalue weighted by Gasteiger charge is -2.60. The van der Waals surface area contributed by atoms with Gasteiger partial charge in [0.2, 0.25) is 0 Å². The lowest BCUT2D eigenvalue weighted by Crippen LogP contribution is -2.66. The highest BCUT2D eigenvalue weighted by Gasteiger charge is 2.66. The summed E-state index contributed by atoms with van der Waals surface area (Å²) in [5, 5.41) is 11.0. The van der Waals surface area contributed by atoms with Crippen molar-refractivity contribution in [1.82, 2.24) is 4.90 Å². The SMILES string of the molecule is COc1ccc(N2CC3=C(C4Oc5c(O)ccc6c5[C@@]45CCN(C)[C@H](C6)[C@@H]5C3)N(c3ccc(OC)cc3)C2)cc1. The summed E-state index contributed by atoms with van der Waals surface area (Å²) in [6, 6.07) is 21.2. The molecule has 2 bridgehead atoms. The number of phenolic OH excluding ortho intramolecular Hbond substituents is 1. The molecule has 1 saturated heterocycles. The number of aromatic hydroxyl groups is 1. The summed E-state index contributed by atoms with van der Waals surface area (Å²) in [6.07, 6.45) is 2.95. The van der Waals surface area contributed by atoms with E-state index < -0.39 is 0 Å². The molecule has 0 amide bonds. The van der Waals surface area contributed by atoms with Gasteiger partial charge in [-0.3, -0.25) is 0 Å². The molecule has 4 atom stereocenters. The second kappa shape index (κ2) is 8.58. The number of hydrogen-bond acceptors (Lipinski definition) is 7. The number of phenols is 1. The molecule has 2 aliphatic carbocycles. The van der Waals surface area contributed by atoms with Crippen LogP contribution >= 0.6 is 0 Å². The number of methoxy groups -OCH3 is 2. The number of piperidine rings is 1. The molecule has 3 heterocycles. The molecule has 3 aromatic carbocycles. The van der Waals surface area contributed by atoms with Crippen molar-refractivity contribution in [3.05, 3.63) is 83.1 Å². The van der Waals surface area contributed by atoms with E-state index in [2.05, 4.69) is 52.1 Å². The molecule has 0 aromatic heterocycles. The minimum absolute atomic E-state index is 0.120. The Bertz CT molecular complexity index is 1520. The van der Waals surface area contributed by atoms with Crippen LogP contribution in [0.5, 0.6) is 23.0 Å². The van der Waals surface area contributed by atoms with E-state index in [9.17, 15) is 5.11 Å². The number of benzene rings is 3. The molecule has 5 aliphatic rings. The molecule has 7 heteroatoms. The average molecular weight is 538 g/mol. The first-order valence-electron chi connectivity index (χ1n) is 14.3. The van der Waals surface area contributed by atoms with Crippen molar-refractivity contribution in [2.45, 2.75) is 36.8 Å². The Morgan fingerprint density at radius 2 is 1.60 bits per heavy atom. The first-order chi connectivity index (χ1) is 19.5. The molecule has 1 unspecified atom stereocenters. The van der Waals surface area contributed by atoms with Crippen molar-refractivity contribution in [3.63, 3.8) is 0 Å². The summed E-state index contributed by atoms with van der Waals surface area (Å²) in [4.78, 5) is 7.47. The van der Waals surface area contributed by atoms with Gasteiger partial charge in [-0.05, 0) is 105 Å². The van der Waals surface area contributed by atoms with Crippen molar-refractivity contribution < 1.29 is 19.3 Å². The Morgan fingerprint density at radius 1 is 0.900 bits per heavy atom. The molecule has 8 rings (SSSR count). The summed E-state index contributed by atoms with van der Waals surface area (Å²) < 4.78 is 17.9. The van der Waals surface area contributed by atoms with Crippen LogP contribution in [0, 0.1) is 5.92 Å². The van der Waals surface area contributed by atoms with E-state index in [1.165, 1.54) is 28.1 Å². The fraction of sp³-hybridized carbons (Fsp3) is 0.394. The van der Waals surface area contributed by atoms with Crippen LogP contribution in [0.3, 0.4) is 0 Å². The highest BCUT2D eigenvalue weighted by Crippen LogP contribution is 2.65. The van der Waals surface area contributed by atoms with Crippen molar-refractivity contribution in [2.75, 3.05) is 50.8 Å². The Morgan fingerprint density at radius 3 is 2.30 bits per heavy atom. The third-order valence-electron chi connectivity index (χ3n) is 10.3. The van der Waals surface area contributed by atoms with Gasteiger partial charge in [0.25, 0.3) is 0 Å². The van der Waals surface area contributed by atoms with Gasteiger partial charge in [-0.2, -0.15) is 0 Å². The number of anilines is 2. The number of rotatable bonds is 4. The molecule has 3 aromatic rings. The molecular weight excluding hydrogens is 502 g/mol. The van der Waals surface area contributed by atoms with Gasteiger partial charge in [0.15, 0.2) is 11.5 Å². The van der Waals surface area contributed by atoms with E-state index >= 15 is 0 Å². The lowest BCUT2D eigenvalue weighted by molar-refractivity contribution is -0.0126. The summed E-state index contributed by atoms with van der Waals surface area (Å²) in [6.45, 7) is 2.60. The Labute approximate surface area is 235 Å². The van der Waals surface area contributed by atoms with Gasteiger partial charge in [-0.15, -0.1) is 0 Å². The maximum Gasteiger partial charge on any atom is 0.166 e. The quantitative estimate of drug-likeness (QED) is 0.507. The second-order valence-electron chi connectivity index (χ2n) is 12.0. The topological polar surface area (TPSA) is 57.6 Å². The minimum Gasteiger partial charge on any atom is -0.504 e. The van der Waals surface area contributed by atoms with E-state index in [0.717, 1.165) is 55.3 Å². The first kappa shape index (κ1) is 24.0. The monoisotopic (exact) mass is 537 g/mol. The molecule has 40 heavy (non-hydrogen) atoms. The molecular formula is C33H35N3O4. The zero-order valence-corrected chi connectivity index (χ0v) is 23.3. The van der Waals surface area contributed by atoms with E-state index in [1.807, 2.05) is 30.3 Å². The van der Waals surface area contributed by atoms with E-state index in [0.29, 0.717) is 18.6 Å². The molecule has 3 aliphatic heterocycles. The Kier molecular flexibility index (Phi) is 5.15. The Balaban J connectivity index is 1.30. The molecule has 7 nitrogen and oxygen atoms in total. The van der Waals surface area contributed by atoms with Gasteiger partial charge in [0, 0.05) is 34.9 Å². The summed E-state index contributed by atoms with van der Waals surface area (Å²) in [5.41, 5.74) is 7.50. The van der Waals surface area contributed by atoms with Gasteiger partial charge in [-0.25, -0.2) is 0 Å². The lowest BCUT2D eigenvalue weighted by atomic mass is 9.51. The smallest absolute Gasteiger partial charge is 0.166 e. The van der Waals surface area contributed by atoms with E-state index in [1.54, 1.807) is 14.2 Å². The zero-order valence-electron chi connectivity index (χ0n) is 23.3. The number of fused-ring (bicyclic) bond motifs is 1. The molecule has 1 N–H and O–H groups in total. The van der Waals surface area contributed by atoms with Crippen LogP contribution in [-0.4, -0.2) is 63.2 Å². The normalized spacial score (nSPS) is 28.1. The van der Waals surface area contributed by atoms with Gasteiger partial charge in [0.1, 0.15) is 17.6 Å². The van der Waals surface area contributed by atoms with Crippen LogP contribution in [0.4, 0.5) is 11.4 Å². The fourth-order valence-corrected chi connectivity index (χ4v) is 8.42. The Hall–Kier alpha value is -3.84. The van der Waals surface area contributed by atoms with Crippen molar-refractivity contribution >= 4 is 11.4 Å². The van der Waals surface area contributed by atoms with E-state index in [4.69, 9.17) is 14.2 Å². The molecule has 0 saturated carbocycles. The number of ether oxygens (including phenoxy) is 3. The van der Waals surface area contributed by atoms with Crippen LogP contribution in [0.2, 0.25) is 0 Å². The van der Waals surface area contributed by atoms with Crippen molar-refractivity contribution in [2.24, 2.45) is 5.92 Å². The van der Waals surface area contributed by atoms with Crippen LogP contribution in [0.1, 0.15) is 24.0 Å². The molecule has 1 fully saturated rings. The average Bonchev–Trinajstić information content (AvgIpc) is 3.35. The van der Waals surface area contributed by atoms with Crippen LogP contribution in [0.25, 0.3) is 0 Å². The van der Waals surface area contributed by atoms with Gasteiger partial charge in [-0.1, -0.05) is 6.07 Å². The highest BCUT2D eigenvalue weighted by atomic mass is 16.5. The highest BCUT2D eigenvalue weighted by molar-refractivity contribution is 5.68. The van der Waals surface area contributed by atoms with Crippen LogP contribution < -0.4 is 24.0 Å². The number of likely N-dealkylation sites (N-methyl/N-ethyl adjacent to an activating group) is 1. The predicted molar refractivity (Wildman–Crippen MR) is 155 cm³/mol. The summed E-state index contributed by atoms with van der Waals surface area (Å²) in [5.74, 6) is 3.13. The van der Waals surface area contributed by atoms with Gasteiger partial charge < -0.3 is 34.0 Å². The number of hydrogen-bond donors (Lipinski definition) is 1. The second-order valence-corrected chi connectivity index (χ2v) is 12.0. The zero-order chi connectivity index (χ0) is 27.2. The fourth-order valence-electron chi connectivity index (χ4n) is 8.42. The molecule has 1 spiro atoms. The standard InChI is InChI=1S/C33H35N3O4/c1-34-15-14-33-26-16-21-18-35(22-5-9-24(38-2)10-6-22)19-36(23-7-11-25(39-3)12-8-23)30(21)32(33)40-31-28(37)13-4-20(29(31)33)17-27(26)34/h4-13,26-27,32,37H,14-19H2,1-3H3/t26-,27+,32?,33-/m0/s1. The number of nitrogens with zero attached hydrogens (tertiary/aromatic N) is 3. The van der Waals surface area contributed by atoms with Gasteiger partial charge in [0.05, 0.1) is 26.6 Å².